The molecule has 4 aromatic rings. The third-order valence-electron chi connectivity index (χ3n) is 13.0. The molecule has 0 unspecified atom stereocenters. The highest BCUT2D eigenvalue weighted by atomic mass is 16.6. The summed E-state index contributed by atoms with van der Waals surface area (Å²) in [6.45, 7) is 5.27. The van der Waals surface area contributed by atoms with Crippen molar-refractivity contribution in [3.8, 4) is 11.5 Å². The van der Waals surface area contributed by atoms with Gasteiger partial charge in [0.05, 0.1) is 12.5 Å². The van der Waals surface area contributed by atoms with Crippen LogP contribution in [-0.2, 0) is 9.53 Å². The first-order valence-electron chi connectivity index (χ1n) is 21.6. The Morgan fingerprint density at radius 3 is 1.63 bits per heavy atom. The molecule has 0 aromatic heterocycles. The van der Waals surface area contributed by atoms with Gasteiger partial charge in [-0.2, -0.15) is 0 Å². The molecule has 59 heavy (non-hydrogen) atoms. The molecule has 0 spiro atoms. The minimum absolute atomic E-state index is 0.0459. The zero-order valence-electron chi connectivity index (χ0n) is 34.3. The third kappa shape index (κ3) is 7.62. The van der Waals surface area contributed by atoms with Crippen LogP contribution in [0.1, 0.15) is 156 Å². The number of hydrogen-bond donors (Lipinski definition) is 0. The van der Waals surface area contributed by atoms with Crippen molar-refractivity contribution in [2.75, 3.05) is 20.3 Å². The fourth-order valence-electron chi connectivity index (χ4n) is 10.1. The number of carbonyl (C=O) groups excluding carboxylic acids is 5. The van der Waals surface area contributed by atoms with E-state index in [9.17, 15) is 24.0 Å². The molecule has 2 heterocycles. The van der Waals surface area contributed by atoms with Crippen LogP contribution in [0.15, 0.2) is 66.7 Å². The van der Waals surface area contributed by atoms with Crippen LogP contribution in [-0.4, -0.2) is 71.8 Å². The number of amides is 4. The van der Waals surface area contributed by atoms with E-state index in [1.54, 1.807) is 36.1 Å². The highest BCUT2D eigenvalue weighted by molar-refractivity contribution is 6.27. The molecule has 0 bridgehead atoms. The SMILES string of the molecule is C=C(C)C(=O)OCCOc1ccc2c3c(ccc(OC)c13)C(=O)N(C1CCCCC1)C2=O.O=C1c2cccc3c(C4CCCCC4)ccc(c23)C(=O)N1C1CCCCC1. The van der Waals surface area contributed by atoms with Gasteiger partial charge in [-0.3, -0.25) is 29.0 Å². The molecule has 3 saturated carbocycles. The number of methoxy groups -OCH3 is 1. The predicted molar refractivity (Wildman–Crippen MR) is 226 cm³/mol. The summed E-state index contributed by atoms with van der Waals surface area (Å²) in [5.74, 6) is 0.347. The molecule has 0 atom stereocenters. The summed E-state index contributed by atoms with van der Waals surface area (Å²) >= 11 is 0. The van der Waals surface area contributed by atoms with Crippen molar-refractivity contribution in [2.24, 2.45) is 0 Å². The molecule has 9 rings (SSSR count). The van der Waals surface area contributed by atoms with Gasteiger partial charge < -0.3 is 14.2 Å². The predicted octanol–water partition coefficient (Wildman–Crippen LogP) is 10.1. The van der Waals surface area contributed by atoms with E-state index < -0.39 is 5.97 Å². The number of imide groups is 2. The largest absolute Gasteiger partial charge is 0.496 e. The van der Waals surface area contributed by atoms with Crippen molar-refractivity contribution < 1.29 is 38.2 Å². The average molecular weight is 799 g/mol. The van der Waals surface area contributed by atoms with Gasteiger partial charge in [0.15, 0.2) is 0 Å². The smallest absolute Gasteiger partial charge is 0.333 e. The van der Waals surface area contributed by atoms with Crippen molar-refractivity contribution in [2.45, 2.75) is 121 Å². The van der Waals surface area contributed by atoms with Gasteiger partial charge in [-0.25, -0.2) is 4.79 Å². The molecule has 0 saturated heterocycles. The number of rotatable bonds is 9. The summed E-state index contributed by atoms with van der Waals surface area (Å²) in [4.78, 5) is 68.0. The van der Waals surface area contributed by atoms with E-state index in [1.807, 2.05) is 18.2 Å². The topological polar surface area (TPSA) is 120 Å². The molecule has 10 heteroatoms. The Labute approximate surface area is 345 Å². The molecule has 4 amide bonds. The van der Waals surface area contributed by atoms with Crippen molar-refractivity contribution in [1.29, 1.82) is 0 Å². The average Bonchev–Trinajstić information content (AvgIpc) is 3.27. The molecule has 308 valence electrons. The van der Waals surface area contributed by atoms with Crippen LogP contribution in [0.3, 0.4) is 0 Å². The van der Waals surface area contributed by atoms with Crippen LogP contribution >= 0.6 is 0 Å². The van der Waals surface area contributed by atoms with E-state index in [0.717, 1.165) is 79.7 Å². The maximum absolute atomic E-state index is 13.4. The number of hydrogen-bond acceptors (Lipinski definition) is 8. The van der Waals surface area contributed by atoms with Crippen LogP contribution in [0.25, 0.3) is 21.5 Å². The Kier molecular flexibility index (Phi) is 11.9. The lowest BCUT2D eigenvalue weighted by molar-refractivity contribution is -0.139. The first-order chi connectivity index (χ1) is 28.7. The first-order valence-corrected chi connectivity index (χ1v) is 21.6. The maximum Gasteiger partial charge on any atom is 0.333 e. The highest BCUT2D eigenvalue weighted by Crippen LogP contribution is 2.43. The monoisotopic (exact) mass is 798 g/mol. The number of benzene rings is 4. The number of ether oxygens (including phenoxy) is 3. The van der Waals surface area contributed by atoms with E-state index in [4.69, 9.17) is 14.2 Å². The van der Waals surface area contributed by atoms with Gasteiger partial charge in [-0.15, -0.1) is 0 Å². The Morgan fingerprint density at radius 2 is 1.08 bits per heavy atom. The minimum atomic E-state index is -0.484. The van der Waals surface area contributed by atoms with E-state index in [2.05, 4.69) is 18.7 Å². The molecule has 2 aliphatic heterocycles. The zero-order chi connectivity index (χ0) is 41.2. The van der Waals surface area contributed by atoms with E-state index in [-0.39, 0.29) is 48.9 Å². The van der Waals surface area contributed by atoms with Gasteiger partial charge in [0.2, 0.25) is 0 Å². The van der Waals surface area contributed by atoms with E-state index in [0.29, 0.717) is 44.9 Å². The fourth-order valence-corrected chi connectivity index (χ4v) is 10.1. The molecule has 10 nitrogen and oxygen atoms in total. The Balaban J connectivity index is 0.000000166. The highest BCUT2D eigenvalue weighted by Gasteiger charge is 2.40. The third-order valence-corrected chi connectivity index (χ3v) is 13.0. The molecule has 3 aliphatic carbocycles. The lowest BCUT2D eigenvalue weighted by Gasteiger charge is -2.36. The molecule has 0 radical (unpaired) electrons. The van der Waals surface area contributed by atoms with Crippen LogP contribution < -0.4 is 9.47 Å². The molecule has 0 N–H and O–H groups in total. The van der Waals surface area contributed by atoms with Crippen LogP contribution in [0.5, 0.6) is 11.5 Å². The van der Waals surface area contributed by atoms with Crippen molar-refractivity contribution in [3.63, 3.8) is 0 Å². The number of carbonyl (C=O) groups is 5. The molecular formula is C49H54N2O8. The van der Waals surface area contributed by atoms with Gasteiger partial charge in [-0.1, -0.05) is 82.6 Å². The Morgan fingerprint density at radius 1 is 0.593 bits per heavy atom. The summed E-state index contributed by atoms with van der Waals surface area (Å²) in [5, 5.41) is 3.14. The van der Waals surface area contributed by atoms with Gasteiger partial charge in [0.25, 0.3) is 23.6 Å². The number of esters is 1. The minimum Gasteiger partial charge on any atom is -0.496 e. The molecule has 3 fully saturated rings. The van der Waals surface area contributed by atoms with Crippen LogP contribution in [0.2, 0.25) is 0 Å². The van der Waals surface area contributed by atoms with Crippen LogP contribution in [0.4, 0.5) is 0 Å². The van der Waals surface area contributed by atoms with Crippen molar-refractivity contribution >= 4 is 51.1 Å². The lowest BCUT2D eigenvalue weighted by Crippen LogP contribution is -2.47. The fraction of sp³-hybridized carbons (Fsp3) is 0.449. The van der Waals surface area contributed by atoms with Gasteiger partial charge in [0, 0.05) is 50.7 Å². The summed E-state index contributed by atoms with van der Waals surface area (Å²) in [6, 6.07) is 17.1. The molecule has 4 aromatic carbocycles. The second kappa shape index (κ2) is 17.4. The number of nitrogens with zero attached hydrogens (tertiary/aromatic N) is 2. The zero-order valence-corrected chi connectivity index (χ0v) is 34.3. The summed E-state index contributed by atoms with van der Waals surface area (Å²) in [6.07, 6.45) is 16.5. The Bertz CT molecular complexity index is 2290. The summed E-state index contributed by atoms with van der Waals surface area (Å²) < 4.78 is 16.5. The maximum atomic E-state index is 13.4. The van der Waals surface area contributed by atoms with E-state index >= 15 is 0 Å². The molecule has 5 aliphatic rings. The summed E-state index contributed by atoms with van der Waals surface area (Å²) in [7, 11) is 1.53. The quantitative estimate of drug-likeness (QED) is 0.0711. The van der Waals surface area contributed by atoms with E-state index in [1.165, 1.54) is 56.1 Å². The Hall–Kier alpha value is -5.51. The van der Waals surface area contributed by atoms with Crippen LogP contribution in [0, 0.1) is 0 Å². The van der Waals surface area contributed by atoms with Crippen molar-refractivity contribution in [1.82, 2.24) is 9.80 Å². The second-order valence-corrected chi connectivity index (χ2v) is 16.8. The van der Waals surface area contributed by atoms with Gasteiger partial charge in [-0.05, 0) is 98.7 Å². The first kappa shape index (κ1) is 40.3. The normalized spacial score (nSPS) is 18.8. The standard InChI is InChI=1S/C25H27NO6.C24H27NO2/c1-15(2)25(29)32-14-13-31-20-12-10-18-21-17(9-11-19(30-3)22(20)21)23(27)26(24(18)28)16-7-5-4-6-8-16;26-23-20-13-7-12-19-18(16-8-3-1-4-9-16)14-15-21(22(19)20)24(27)25(23)17-10-5-2-6-11-17/h9-12,16H,1,4-8,13-14H2,2-3H3;7,12-17H,1-6,8-11H2. The second-order valence-electron chi connectivity index (χ2n) is 16.8. The summed E-state index contributed by atoms with van der Waals surface area (Å²) in [5.41, 5.74) is 4.05. The van der Waals surface area contributed by atoms with Gasteiger partial charge >= 0.3 is 5.97 Å². The van der Waals surface area contributed by atoms with Crippen molar-refractivity contribution in [3.05, 3.63) is 94.6 Å². The lowest BCUT2D eigenvalue weighted by atomic mass is 9.80. The molecular weight excluding hydrogens is 745 g/mol. The van der Waals surface area contributed by atoms with Gasteiger partial charge in [0.1, 0.15) is 24.7 Å².